The van der Waals surface area contributed by atoms with Crippen molar-refractivity contribution in [1.82, 2.24) is 35.1 Å². The number of methoxy groups -OCH3 is 1. The van der Waals surface area contributed by atoms with Crippen LogP contribution in [0.4, 0.5) is 4.79 Å². The van der Waals surface area contributed by atoms with E-state index in [-0.39, 0.29) is 23.9 Å². The van der Waals surface area contributed by atoms with Crippen molar-refractivity contribution in [2.75, 3.05) is 27.3 Å². The lowest BCUT2D eigenvalue weighted by Gasteiger charge is -2.27. The van der Waals surface area contributed by atoms with Gasteiger partial charge in [-0.25, -0.2) is 19.8 Å². The third-order valence-electron chi connectivity index (χ3n) is 10.5. The van der Waals surface area contributed by atoms with E-state index in [1.165, 1.54) is 20.6 Å². The lowest BCUT2D eigenvalue weighted by Crippen LogP contribution is -2.48. The number of H-pyrrole nitrogens is 2. The second-order valence-corrected chi connectivity index (χ2v) is 13.7. The molecule has 0 aliphatic carbocycles. The summed E-state index contributed by atoms with van der Waals surface area (Å²) in [6.07, 6.45) is 4.94. The normalized spacial score (nSPS) is 18.4. The van der Waals surface area contributed by atoms with Crippen LogP contribution < -0.4 is 5.32 Å². The van der Waals surface area contributed by atoms with Crippen molar-refractivity contribution >= 4 is 46.4 Å². The molecule has 54 heavy (non-hydrogen) atoms. The number of carbonyl (C=O) groups is 3. The topological polar surface area (TPSA) is 167 Å². The van der Waals surface area contributed by atoms with Gasteiger partial charge in [-0.05, 0) is 85.0 Å². The maximum atomic E-state index is 13.4. The molecule has 3 amide bonds. The first-order chi connectivity index (χ1) is 26.3. The number of carbonyl (C=O) groups excluding carboxylic acids is 3. The van der Waals surface area contributed by atoms with E-state index in [0.29, 0.717) is 25.9 Å². The van der Waals surface area contributed by atoms with Crippen LogP contribution in [-0.4, -0.2) is 93.4 Å². The first kappa shape index (κ1) is 36.6. The molecule has 2 unspecified atom stereocenters. The second kappa shape index (κ2) is 16.1. The number of fused-ring (bicyclic) bond motifs is 2. The number of hydrogen-bond acceptors (Lipinski definition) is 9. The van der Waals surface area contributed by atoms with E-state index in [0.717, 1.165) is 81.7 Å². The van der Waals surface area contributed by atoms with E-state index < -0.39 is 18.2 Å². The number of hydrogen-bond donors (Lipinski definition) is 3. The molecular weight excluding hydrogens is 688 g/mol. The van der Waals surface area contributed by atoms with Gasteiger partial charge in [0.05, 0.1) is 48.4 Å². The first-order valence-electron chi connectivity index (χ1n) is 18.6. The molecule has 3 aromatic carbocycles. The average Bonchev–Trinajstić information content (AvgIpc) is 4.03. The number of imidazole rings is 2. The van der Waals surface area contributed by atoms with Crippen LogP contribution in [0.1, 0.15) is 76.1 Å². The number of aromatic nitrogens is 4. The summed E-state index contributed by atoms with van der Waals surface area (Å²) in [5.41, 5.74) is 7.68. The summed E-state index contributed by atoms with van der Waals surface area (Å²) < 4.78 is 4.72. The third-order valence-corrected chi connectivity index (χ3v) is 10.5. The molecule has 3 N–H and O–H groups in total. The fourth-order valence-electron chi connectivity index (χ4n) is 7.63. The molecule has 2 aliphatic heterocycles. The van der Waals surface area contributed by atoms with Crippen molar-refractivity contribution in [2.24, 2.45) is 4.99 Å². The Kier molecular flexibility index (Phi) is 10.9. The van der Waals surface area contributed by atoms with Crippen molar-refractivity contribution in [3.8, 4) is 22.3 Å². The number of nitrogens with zero attached hydrogens (tertiary/aromatic N) is 5. The minimum Gasteiger partial charge on any atom is -0.453 e. The molecule has 7 rings (SSSR count). The van der Waals surface area contributed by atoms with Gasteiger partial charge < -0.3 is 34.7 Å². The molecule has 2 saturated heterocycles. The average molecular weight is 735 g/mol. The Morgan fingerprint density at radius 2 is 1.31 bits per heavy atom. The van der Waals surface area contributed by atoms with Gasteiger partial charge in [0.1, 0.15) is 23.7 Å². The Hall–Kier alpha value is -5.76. The summed E-state index contributed by atoms with van der Waals surface area (Å²) >= 11 is 0. The van der Waals surface area contributed by atoms with Gasteiger partial charge in [0.25, 0.3) is 0 Å². The summed E-state index contributed by atoms with van der Waals surface area (Å²) in [6.45, 7) is 5.05. The zero-order valence-electron chi connectivity index (χ0n) is 31.0. The number of benzene rings is 3. The molecule has 14 heteroatoms. The van der Waals surface area contributed by atoms with E-state index in [1.807, 2.05) is 35.8 Å². The largest absolute Gasteiger partial charge is 0.453 e. The quantitative estimate of drug-likeness (QED) is 0.0557. The smallest absolute Gasteiger partial charge is 0.407 e. The second-order valence-electron chi connectivity index (χ2n) is 13.7. The highest BCUT2D eigenvalue weighted by molar-refractivity contribution is 5.87. The fourth-order valence-corrected chi connectivity index (χ4v) is 7.63. The van der Waals surface area contributed by atoms with E-state index in [1.54, 1.807) is 0 Å². The molecule has 2 aromatic heterocycles. The summed E-state index contributed by atoms with van der Waals surface area (Å²) in [4.78, 5) is 72.7. The van der Waals surface area contributed by atoms with Crippen LogP contribution in [0.2, 0.25) is 0 Å². The van der Waals surface area contributed by atoms with Gasteiger partial charge in [0.2, 0.25) is 18.2 Å². The maximum absolute atomic E-state index is 13.4. The number of nitrogens with one attached hydrogen (secondary N) is 3. The summed E-state index contributed by atoms with van der Waals surface area (Å²) in [5.74, 6) is 1.34. The highest BCUT2D eigenvalue weighted by Crippen LogP contribution is 2.35. The van der Waals surface area contributed by atoms with Crippen LogP contribution in [0.5, 0.6) is 0 Å². The molecule has 0 bridgehead atoms. The third kappa shape index (κ3) is 7.38. The van der Waals surface area contributed by atoms with Crippen molar-refractivity contribution in [2.45, 2.75) is 76.5 Å². The number of aliphatic imine (C=N–C) groups is 1. The van der Waals surface area contributed by atoms with Crippen LogP contribution in [0.3, 0.4) is 0 Å². The van der Waals surface area contributed by atoms with Crippen LogP contribution in [0, 0.1) is 0 Å². The molecule has 0 radical (unpaired) electrons. The minimum absolute atomic E-state index is 0.0482. The number of amides is 3. The highest BCUT2D eigenvalue weighted by Gasteiger charge is 2.37. The van der Waals surface area contributed by atoms with Crippen molar-refractivity contribution in [3.05, 3.63) is 72.3 Å². The van der Waals surface area contributed by atoms with Crippen molar-refractivity contribution in [1.29, 1.82) is 0 Å². The number of rotatable bonds is 12. The van der Waals surface area contributed by atoms with Gasteiger partial charge in [-0.2, -0.15) is 4.89 Å². The molecule has 5 aromatic rings. The molecule has 4 heterocycles. The lowest BCUT2D eigenvalue weighted by atomic mass is 10.00. The van der Waals surface area contributed by atoms with Crippen molar-refractivity contribution < 1.29 is 28.9 Å². The van der Waals surface area contributed by atoms with Gasteiger partial charge in [0, 0.05) is 13.1 Å². The van der Waals surface area contributed by atoms with Gasteiger partial charge in [-0.3, -0.25) is 9.59 Å². The predicted molar refractivity (Wildman–Crippen MR) is 204 cm³/mol. The molecule has 0 spiro atoms. The molecule has 2 fully saturated rings. The number of ether oxygens (including phenoxy) is 1. The van der Waals surface area contributed by atoms with Gasteiger partial charge in [-0.1, -0.05) is 50.2 Å². The highest BCUT2D eigenvalue weighted by atomic mass is 17.2. The predicted octanol–water partition coefficient (Wildman–Crippen LogP) is 6.62. The SMILES string of the molecule is CCC(/N=C/OOC)C(=O)N1CCC[C@H]1c1nc2cc(-c3ccc(-c4ccc5[nH]c([C@@H]6CCCN6C(=O)C(CC)NC(=O)OC)nc5c4)cc3)ccc2[nH]1. The Morgan fingerprint density at radius 3 is 1.80 bits per heavy atom. The summed E-state index contributed by atoms with van der Waals surface area (Å²) in [5, 5.41) is 2.66. The molecular formula is C40H46N8O6. The standard InChI is InChI=1S/C40H46N8O6/c1-5-28(41-23-54-53-4)38(49)47-19-7-9-34(47)36-42-30-17-15-26(21-32(30)44-36)24-11-13-25(14-12-24)27-16-18-31-33(22-27)45-37(43-31)35-10-8-20-48(35)39(50)29(6-2)46-40(51)52-3/h11-18,21-23,28-29,34-35H,5-10,19-20H2,1-4H3,(H,42,44)(H,43,45)(H,46,51)/b41-23+/t28?,29?,34-,35-/m0/s1. The minimum atomic E-state index is -0.654. The Bertz CT molecular complexity index is 2160. The monoisotopic (exact) mass is 734 g/mol. The molecule has 4 atom stereocenters. The van der Waals surface area contributed by atoms with Crippen LogP contribution in [0.15, 0.2) is 65.7 Å². The first-order valence-corrected chi connectivity index (χ1v) is 18.6. The number of likely N-dealkylation sites (tertiary alicyclic amines) is 2. The van der Waals surface area contributed by atoms with E-state index in [4.69, 9.17) is 19.6 Å². The maximum Gasteiger partial charge on any atom is 0.407 e. The Labute approximate surface area is 313 Å². The molecule has 14 nitrogen and oxygen atoms in total. The van der Waals surface area contributed by atoms with Gasteiger partial charge >= 0.3 is 6.09 Å². The molecule has 282 valence electrons. The zero-order valence-corrected chi connectivity index (χ0v) is 31.0. The summed E-state index contributed by atoms with van der Waals surface area (Å²) in [6, 6.07) is 19.2. The van der Waals surface area contributed by atoms with Gasteiger partial charge in [0.15, 0.2) is 0 Å². The van der Waals surface area contributed by atoms with E-state index >= 15 is 0 Å². The van der Waals surface area contributed by atoms with E-state index in [2.05, 4.69) is 73.7 Å². The molecule has 0 saturated carbocycles. The van der Waals surface area contributed by atoms with Gasteiger partial charge in [-0.15, -0.1) is 0 Å². The van der Waals surface area contributed by atoms with Crippen molar-refractivity contribution in [3.63, 3.8) is 0 Å². The summed E-state index contributed by atoms with van der Waals surface area (Å²) in [7, 11) is 2.68. The Morgan fingerprint density at radius 1 is 0.796 bits per heavy atom. The van der Waals surface area contributed by atoms with E-state index in [9.17, 15) is 14.4 Å². The number of aromatic amines is 2. The fraction of sp³-hybridized carbons (Fsp3) is 0.400. The van der Waals surface area contributed by atoms with Crippen LogP contribution in [0.25, 0.3) is 44.3 Å². The van der Waals surface area contributed by atoms with Crippen LogP contribution in [-0.2, 0) is 24.1 Å². The lowest BCUT2D eigenvalue weighted by molar-refractivity contribution is -0.188. The number of alkyl carbamates (subject to hydrolysis) is 1. The Balaban J connectivity index is 1.06. The zero-order chi connectivity index (χ0) is 37.8. The van der Waals surface area contributed by atoms with Crippen LogP contribution >= 0.6 is 0 Å². The molecule has 2 aliphatic rings.